The Morgan fingerprint density at radius 3 is 2.44 bits per heavy atom. The largest absolute Gasteiger partial charge is 0.491 e. The second-order valence-electron chi connectivity index (χ2n) is 4.12. The molecule has 0 bridgehead atoms. The second-order valence-corrected chi connectivity index (χ2v) is 4.12. The number of halogens is 1. The summed E-state index contributed by atoms with van der Waals surface area (Å²) < 4.78 is 18.3. The molecule has 0 aromatic heterocycles. The first-order chi connectivity index (χ1) is 8.75. The van der Waals surface area contributed by atoms with Crippen LogP contribution in [0, 0.1) is 5.82 Å². The lowest BCUT2D eigenvalue weighted by Gasteiger charge is -2.08. The van der Waals surface area contributed by atoms with Gasteiger partial charge in [-0.1, -0.05) is 24.3 Å². The number of anilines is 1. The van der Waals surface area contributed by atoms with Gasteiger partial charge in [-0.3, -0.25) is 0 Å². The summed E-state index contributed by atoms with van der Waals surface area (Å²) in [6.07, 6.45) is 1.74. The topological polar surface area (TPSA) is 35.2 Å². The molecule has 0 saturated carbocycles. The van der Waals surface area contributed by atoms with Gasteiger partial charge in [0.2, 0.25) is 0 Å². The van der Waals surface area contributed by atoms with Crippen LogP contribution in [0.4, 0.5) is 10.1 Å². The molecule has 0 aliphatic heterocycles. The summed E-state index contributed by atoms with van der Waals surface area (Å²) in [4.78, 5) is 0. The lowest BCUT2D eigenvalue weighted by molar-refractivity contribution is 0.312. The third-order valence-electron chi connectivity index (χ3n) is 2.70. The van der Waals surface area contributed by atoms with E-state index in [1.54, 1.807) is 12.1 Å². The lowest BCUT2D eigenvalue weighted by Crippen LogP contribution is -2.01. The molecule has 18 heavy (non-hydrogen) atoms. The van der Waals surface area contributed by atoms with E-state index in [9.17, 15) is 4.39 Å². The molecule has 3 heteroatoms. The molecule has 0 saturated heterocycles. The van der Waals surface area contributed by atoms with Gasteiger partial charge in [0.25, 0.3) is 0 Å². The number of para-hydroxylation sites is 2. The van der Waals surface area contributed by atoms with Gasteiger partial charge in [-0.15, -0.1) is 0 Å². The third-order valence-corrected chi connectivity index (χ3v) is 2.70. The fourth-order valence-electron chi connectivity index (χ4n) is 1.72. The van der Waals surface area contributed by atoms with E-state index in [1.165, 1.54) is 12.1 Å². The Labute approximate surface area is 106 Å². The van der Waals surface area contributed by atoms with Gasteiger partial charge in [0.15, 0.2) is 0 Å². The first-order valence-corrected chi connectivity index (χ1v) is 5.97. The number of aryl methyl sites for hydroxylation is 1. The Hall–Kier alpha value is -2.03. The van der Waals surface area contributed by atoms with Crippen LogP contribution in [0.1, 0.15) is 12.0 Å². The molecule has 0 radical (unpaired) electrons. The van der Waals surface area contributed by atoms with Crippen molar-refractivity contribution in [3.05, 3.63) is 59.9 Å². The summed E-state index contributed by atoms with van der Waals surface area (Å²) in [7, 11) is 0. The van der Waals surface area contributed by atoms with Crippen LogP contribution in [0.25, 0.3) is 0 Å². The molecule has 0 atom stereocenters. The molecule has 0 aliphatic rings. The SMILES string of the molecule is Nc1ccccc1OCCCc1ccc(F)cc1. The summed E-state index contributed by atoms with van der Waals surface area (Å²) in [5.41, 5.74) is 7.53. The van der Waals surface area contributed by atoms with Crippen LogP contribution in [0.15, 0.2) is 48.5 Å². The van der Waals surface area contributed by atoms with Crippen LogP contribution in [0.2, 0.25) is 0 Å². The fraction of sp³-hybridized carbons (Fsp3) is 0.200. The molecular formula is C15H16FNO. The minimum atomic E-state index is -0.202. The molecule has 94 valence electrons. The summed E-state index contributed by atoms with van der Waals surface area (Å²) in [6, 6.07) is 14.0. The maximum atomic E-state index is 12.7. The van der Waals surface area contributed by atoms with E-state index in [0.717, 1.165) is 24.2 Å². The smallest absolute Gasteiger partial charge is 0.142 e. The van der Waals surface area contributed by atoms with Gasteiger partial charge in [0, 0.05) is 0 Å². The first-order valence-electron chi connectivity index (χ1n) is 5.97. The molecule has 0 fully saturated rings. The molecule has 2 aromatic rings. The molecule has 2 rings (SSSR count). The Kier molecular flexibility index (Phi) is 4.18. The molecule has 0 unspecified atom stereocenters. The van der Waals surface area contributed by atoms with Crippen molar-refractivity contribution in [2.24, 2.45) is 0 Å². The lowest BCUT2D eigenvalue weighted by atomic mass is 10.1. The quantitative estimate of drug-likeness (QED) is 0.647. The summed E-state index contributed by atoms with van der Waals surface area (Å²) in [5.74, 6) is 0.517. The fourth-order valence-corrected chi connectivity index (χ4v) is 1.72. The number of nitrogen functional groups attached to an aromatic ring is 1. The molecular weight excluding hydrogens is 229 g/mol. The zero-order valence-electron chi connectivity index (χ0n) is 10.1. The van der Waals surface area contributed by atoms with E-state index in [4.69, 9.17) is 10.5 Å². The van der Waals surface area contributed by atoms with Crippen molar-refractivity contribution in [1.82, 2.24) is 0 Å². The van der Waals surface area contributed by atoms with Crippen molar-refractivity contribution in [3.8, 4) is 5.75 Å². The molecule has 0 spiro atoms. The maximum Gasteiger partial charge on any atom is 0.142 e. The van der Waals surface area contributed by atoms with Gasteiger partial charge < -0.3 is 10.5 Å². The number of hydrogen-bond acceptors (Lipinski definition) is 2. The predicted molar refractivity (Wildman–Crippen MR) is 71.1 cm³/mol. The Morgan fingerprint density at radius 2 is 1.72 bits per heavy atom. The minimum absolute atomic E-state index is 0.202. The van der Waals surface area contributed by atoms with E-state index >= 15 is 0 Å². The van der Waals surface area contributed by atoms with E-state index < -0.39 is 0 Å². The van der Waals surface area contributed by atoms with E-state index in [1.807, 2.05) is 24.3 Å². The normalized spacial score (nSPS) is 10.3. The van der Waals surface area contributed by atoms with Crippen LogP contribution < -0.4 is 10.5 Å². The number of benzene rings is 2. The number of nitrogens with two attached hydrogens (primary N) is 1. The predicted octanol–water partition coefficient (Wildman–Crippen LogP) is 3.42. The highest BCUT2D eigenvalue weighted by Gasteiger charge is 1.99. The van der Waals surface area contributed by atoms with Crippen molar-refractivity contribution in [2.75, 3.05) is 12.3 Å². The number of ether oxygens (including phenoxy) is 1. The van der Waals surface area contributed by atoms with Crippen LogP contribution >= 0.6 is 0 Å². The Bertz CT molecular complexity index is 496. The molecule has 2 N–H and O–H groups in total. The zero-order chi connectivity index (χ0) is 12.8. The van der Waals surface area contributed by atoms with Gasteiger partial charge >= 0.3 is 0 Å². The van der Waals surface area contributed by atoms with Crippen molar-refractivity contribution < 1.29 is 9.13 Å². The van der Waals surface area contributed by atoms with E-state index in [0.29, 0.717) is 12.3 Å². The van der Waals surface area contributed by atoms with Gasteiger partial charge in [0.05, 0.1) is 12.3 Å². The Morgan fingerprint density at radius 1 is 1.00 bits per heavy atom. The van der Waals surface area contributed by atoms with Gasteiger partial charge in [-0.2, -0.15) is 0 Å². The first kappa shape index (κ1) is 12.4. The molecule has 0 heterocycles. The van der Waals surface area contributed by atoms with Crippen molar-refractivity contribution >= 4 is 5.69 Å². The average Bonchev–Trinajstić information content (AvgIpc) is 2.39. The van der Waals surface area contributed by atoms with E-state index in [-0.39, 0.29) is 5.82 Å². The molecule has 2 nitrogen and oxygen atoms in total. The standard InChI is InChI=1S/C15H16FNO/c16-13-9-7-12(8-10-13)4-3-11-18-15-6-2-1-5-14(15)17/h1-2,5-10H,3-4,11,17H2. The second kappa shape index (κ2) is 6.05. The van der Waals surface area contributed by atoms with Crippen LogP contribution in [0.5, 0.6) is 5.75 Å². The van der Waals surface area contributed by atoms with Crippen molar-refractivity contribution in [2.45, 2.75) is 12.8 Å². The highest BCUT2D eigenvalue weighted by Crippen LogP contribution is 2.19. The molecule has 0 amide bonds. The summed E-state index contributed by atoms with van der Waals surface area (Å²) >= 11 is 0. The van der Waals surface area contributed by atoms with E-state index in [2.05, 4.69) is 0 Å². The summed E-state index contributed by atoms with van der Waals surface area (Å²) in [6.45, 7) is 0.603. The third kappa shape index (κ3) is 3.48. The van der Waals surface area contributed by atoms with Crippen molar-refractivity contribution in [3.63, 3.8) is 0 Å². The van der Waals surface area contributed by atoms with Gasteiger partial charge in [-0.05, 0) is 42.7 Å². The highest BCUT2D eigenvalue weighted by molar-refractivity contribution is 5.51. The van der Waals surface area contributed by atoms with Crippen LogP contribution in [-0.4, -0.2) is 6.61 Å². The average molecular weight is 245 g/mol. The van der Waals surface area contributed by atoms with Crippen LogP contribution in [-0.2, 0) is 6.42 Å². The zero-order valence-corrected chi connectivity index (χ0v) is 10.1. The number of hydrogen-bond donors (Lipinski definition) is 1. The minimum Gasteiger partial charge on any atom is -0.491 e. The van der Waals surface area contributed by atoms with Crippen molar-refractivity contribution in [1.29, 1.82) is 0 Å². The monoisotopic (exact) mass is 245 g/mol. The van der Waals surface area contributed by atoms with Gasteiger partial charge in [0.1, 0.15) is 11.6 Å². The molecule has 2 aromatic carbocycles. The summed E-state index contributed by atoms with van der Waals surface area (Å²) in [5, 5.41) is 0. The Balaban J connectivity index is 1.76. The maximum absolute atomic E-state index is 12.7. The molecule has 0 aliphatic carbocycles. The number of rotatable bonds is 5. The van der Waals surface area contributed by atoms with Crippen LogP contribution in [0.3, 0.4) is 0 Å². The highest BCUT2D eigenvalue weighted by atomic mass is 19.1. The van der Waals surface area contributed by atoms with Gasteiger partial charge in [-0.25, -0.2) is 4.39 Å².